The molecule has 1 amide bonds. The Balaban J connectivity index is 1.90. The van der Waals surface area contributed by atoms with Gasteiger partial charge in [-0.1, -0.05) is 0 Å². The average Bonchev–Trinajstić information content (AvgIpc) is 3.23. The van der Waals surface area contributed by atoms with Crippen LogP contribution in [0.3, 0.4) is 0 Å². The van der Waals surface area contributed by atoms with E-state index in [9.17, 15) is 39.7 Å². The van der Waals surface area contributed by atoms with Gasteiger partial charge in [0.2, 0.25) is 5.91 Å². The molecule has 1 heterocycles. The number of halogens is 7. The molecule has 3 rings (SSSR count). The maximum Gasteiger partial charge on any atom is 0.406 e. The Hall–Kier alpha value is -1.63. The van der Waals surface area contributed by atoms with Crippen molar-refractivity contribution in [2.24, 2.45) is 4.99 Å². The second-order valence-electron chi connectivity index (χ2n) is 6.52. The maximum atomic E-state index is 14.2. The lowest BCUT2D eigenvalue weighted by atomic mass is 10.2. The van der Waals surface area contributed by atoms with E-state index in [2.05, 4.69) is 4.99 Å². The molecule has 1 aromatic rings. The van der Waals surface area contributed by atoms with Crippen LogP contribution in [-0.4, -0.2) is 62.4 Å². The van der Waals surface area contributed by atoms with Crippen LogP contribution >= 0.6 is 11.8 Å². The summed E-state index contributed by atoms with van der Waals surface area (Å²) in [7, 11) is -2.49. The van der Waals surface area contributed by atoms with Gasteiger partial charge < -0.3 is 4.90 Å². The van der Waals surface area contributed by atoms with Crippen molar-refractivity contribution in [3.63, 3.8) is 0 Å². The van der Waals surface area contributed by atoms with Crippen LogP contribution in [0.1, 0.15) is 5.56 Å². The number of carbonyl (C=O) groups is 1. The van der Waals surface area contributed by atoms with E-state index in [0.717, 1.165) is 23.9 Å². The van der Waals surface area contributed by atoms with Gasteiger partial charge in [0, 0.05) is 4.90 Å². The second kappa shape index (κ2) is 7.56. The van der Waals surface area contributed by atoms with Crippen molar-refractivity contribution in [1.29, 1.82) is 0 Å². The van der Waals surface area contributed by atoms with Crippen LogP contribution in [0.4, 0.5) is 36.4 Å². The van der Waals surface area contributed by atoms with Crippen LogP contribution in [0.15, 0.2) is 22.0 Å². The zero-order chi connectivity index (χ0) is 21.7. The van der Waals surface area contributed by atoms with Crippen molar-refractivity contribution in [3.8, 4) is 0 Å². The number of rotatable bonds is 4. The number of aliphatic imine (C=N–C) groups is 1. The zero-order valence-electron chi connectivity index (χ0n) is 14.6. The van der Waals surface area contributed by atoms with Crippen LogP contribution in [0.5, 0.6) is 0 Å². The molecule has 0 aromatic heterocycles. The number of hydrogen-bond donors (Lipinski definition) is 0. The Kier molecular flexibility index (Phi) is 5.75. The van der Waals surface area contributed by atoms with Gasteiger partial charge in [-0.15, -0.1) is 11.8 Å². The molecule has 160 valence electrons. The number of carbonyl (C=O) groups excluding carboxylic acids is 1. The zero-order valence-corrected chi connectivity index (χ0v) is 16.2. The highest BCUT2D eigenvalue weighted by molar-refractivity contribution is 8.02. The van der Waals surface area contributed by atoms with Gasteiger partial charge in [0.15, 0.2) is 0 Å². The topological polar surface area (TPSA) is 49.7 Å². The van der Waals surface area contributed by atoms with E-state index >= 15 is 0 Å². The van der Waals surface area contributed by atoms with Gasteiger partial charge in [-0.2, -0.15) is 26.3 Å². The molecule has 1 aromatic carbocycles. The minimum atomic E-state index is -4.70. The summed E-state index contributed by atoms with van der Waals surface area (Å²) in [4.78, 5) is 16.1. The van der Waals surface area contributed by atoms with E-state index in [1.54, 1.807) is 0 Å². The first-order chi connectivity index (χ1) is 13.3. The Morgan fingerprint density at radius 2 is 1.86 bits per heavy atom. The number of benzene rings is 1. The summed E-state index contributed by atoms with van der Waals surface area (Å²) in [6.07, 6.45) is -9.31. The highest BCUT2D eigenvalue weighted by Gasteiger charge is 2.57. The first-order valence-electron chi connectivity index (χ1n) is 8.08. The number of hydrogen-bond acceptors (Lipinski definition) is 4. The number of amides is 1. The lowest BCUT2D eigenvalue weighted by Gasteiger charge is -2.26. The lowest BCUT2D eigenvalue weighted by molar-refractivity contribution is -0.160. The van der Waals surface area contributed by atoms with Gasteiger partial charge >= 0.3 is 12.4 Å². The fourth-order valence-corrected chi connectivity index (χ4v) is 5.32. The fraction of sp³-hybridized carbons (Fsp3) is 0.500. The van der Waals surface area contributed by atoms with Crippen molar-refractivity contribution in [2.75, 3.05) is 18.1 Å². The van der Waals surface area contributed by atoms with Crippen molar-refractivity contribution < 1.29 is 39.7 Å². The molecular weight excluding hydrogens is 449 g/mol. The smallest absolute Gasteiger partial charge is 0.323 e. The van der Waals surface area contributed by atoms with E-state index in [0.29, 0.717) is 4.90 Å². The van der Waals surface area contributed by atoms with Crippen molar-refractivity contribution in [2.45, 2.75) is 35.5 Å². The summed E-state index contributed by atoms with van der Waals surface area (Å²) in [5, 5.41) is -0.542. The summed E-state index contributed by atoms with van der Waals surface area (Å²) >= 11 is 1.06. The minimum absolute atomic E-state index is 0.0329. The number of thioether (sulfide) groups is 1. The summed E-state index contributed by atoms with van der Waals surface area (Å²) < 4.78 is 102. The summed E-state index contributed by atoms with van der Waals surface area (Å²) in [5.74, 6) is -3.45. The van der Waals surface area contributed by atoms with Crippen LogP contribution in [0, 0.1) is 12.7 Å². The quantitative estimate of drug-likeness (QED) is 0.641. The van der Waals surface area contributed by atoms with Gasteiger partial charge in [-0.3, -0.25) is 14.0 Å². The molecule has 0 spiro atoms. The Bertz CT molecular complexity index is 898. The molecule has 13 heteroatoms. The lowest BCUT2D eigenvalue weighted by Crippen LogP contribution is -2.44. The molecule has 4 nitrogen and oxygen atoms in total. The SMILES string of the molecule is Cc1cc(F)c(N=C2C3SCC(=O)N(CC(F)(F)F)C23)cc1[S@@](=O)CC(F)(F)F. The summed E-state index contributed by atoms with van der Waals surface area (Å²) in [5.41, 5.74) is -0.267. The molecule has 0 N–H and O–H groups in total. The van der Waals surface area contributed by atoms with Crippen LogP contribution < -0.4 is 0 Å². The number of aryl methyl sites for hydroxylation is 1. The number of nitrogens with zero attached hydrogens (tertiary/aromatic N) is 2. The van der Waals surface area contributed by atoms with Gasteiger partial charge in [0.05, 0.1) is 39.2 Å². The molecule has 2 fully saturated rings. The van der Waals surface area contributed by atoms with Crippen LogP contribution in [0.25, 0.3) is 0 Å². The normalized spacial score (nSPS) is 24.6. The van der Waals surface area contributed by atoms with Crippen LogP contribution in [0.2, 0.25) is 0 Å². The molecular formula is C16H13F7N2O2S2. The van der Waals surface area contributed by atoms with E-state index in [1.165, 1.54) is 6.92 Å². The third-order valence-corrected chi connectivity index (χ3v) is 6.99. The average molecular weight is 462 g/mol. The molecule has 3 atom stereocenters. The molecule has 1 saturated heterocycles. The standard InChI is InChI=1S/C16H13F7N2O2S2/c1-7-2-8(17)9(3-10(7)29(27)6-16(21,22)23)24-12-13-14(12)28-4-11(26)25(13)5-15(18,19)20/h2-3,13-14H,4-6H2,1H3/t13?,14?,29-/m0/s1. The van der Waals surface area contributed by atoms with E-state index in [-0.39, 0.29) is 21.9 Å². The molecule has 2 unspecified atom stereocenters. The van der Waals surface area contributed by atoms with E-state index < -0.39 is 64.2 Å². The number of alkyl halides is 6. The minimum Gasteiger partial charge on any atom is -0.323 e. The Labute approximate surface area is 167 Å². The molecule has 2 aliphatic rings. The van der Waals surface area contributed by atoms with Gasteiger partial charge in [-0.05, 0) is 24.6 Å². The van der Waals surface area contributed by atoms with Gasteiger partial charge in [0.25, 0.3) is 0 Å². The molecule has 29 heavy (non-hydrogen) atoms. The summed E-state index contributed by atoms with van der Waals surface area (Å²) in [6, 6.07) is 0.832. The molecule has 1 saturated carbocycles. The molecule has 1 aliphatic heterocycles. The maximum absolute atomic E-state index is 14.2. The largest absolute Gasteiger partial charge is 0.406 e. The predicted molar refractivity (Wildman–Crippen MR) is 93.4 cm³/mol. The fourth-order valence-electron chi connectivity index (χ4n) is 2.96. The first-order valence-corrected chi connectivity index (χ1v) is 10.4. The van der Waals surface area contributed by atoms with Crippen molar-refractivity contribution >= 4 is 39.9 Å². The Morgan fingerprint density at radius 3 is 2.45 bits per heavy atom. The highest BCUT2D eigenvalue weighted by atomic mass is 32.2. The first kappa shape index (κ1) is 22.1. The monoisotopic (exact) mass is 462 g/mol. The van der Waals surface area contributed by atoms with Gasteiger partial charge in [-0.25, -0.2) is 4.39 Å². The molecule has 0 bridgehead atoms. The van der Waals surface area contributed by atoms with Gasteiger partial charge in [0.1, 0.15) is 18.1 Å². The highest BCUT2D eigenvalue weighted by Crippen LogP contribution is 2.43. The van der Waals surface area contributed by atoms with Crippen molar-refractivity contribution in [1.82, 2.24) is 4.90 Å². The van der Waals surface area contributed by atoms with Crippen LogP contribution in [-0.2, 0) is 15.6 Å². The Morgan fingerprint density at radius 1 is 1.21 bits per heavy atom. The molecule has 1 aliphatic carbocycles. The van der Waals surface area contributed by atoms with Crippen molar-refractivity contribution in [3.05, 3.63) is 23.5 Å². The third kappa shape index (κ3) is 5.11. The number of fused-ring (bicyclic) bond motifs is 1. The molecule has 0 radical (unpaired) electrons. The van der Waals surface area contributed by atoms with E-state index in [4.69, 9.17) is 0 Å². The van der Waals surface area contributed by atoms with E-state index in [1.807, 2.05) is 0 Å². The summed E-state index contributed by atoms with van der Waals surface area (Å²) in [6.45, 7) is -0.177. The second-order valence-corrected chi connectivity index (χ2v) is 9.07. The predicted octanol–water partition coefficient (Wildman–Crippen LogP) is 3.77. The third-order valence-electron chi connectivity index (χ3n) is 4.20.